The molecule has 4 aromatic rings. The van der Waals surface area contributed by atoms with E-state index in [1.54, 1.807) is 24.4 Å². The lowest BCUT2D eigenvalue weighted by molar-refractivity contribution is 0.251. The molecule has 2 amide bonds. The molecule has 0 aliphatic heterocycles. The quantitative estimate of drug-likeness (QED) is 0.571. The third-order valence-electron chi connectivity index (χ3n) is 4.13. The van der Waals surface area contributed by atoms with Crippen molar-refractivity contribution in [3.63, 3.8) is 0 Å². The zero-order valence-corrected chi connectivity index (χ0v) is 15.0. The first-order valence-electron chi connectivity index (χ1n) is 8.63. The molecule has 2 N–H and O–H groups in total. The zero-order chi connectivity index (χ0) is 19.5. The number of hydrogen-bond acceptors (Lipinski definition) is 5. The van der Waals surface area contributed by atoms with Gasteiger partial charge in [-0.15, -0.1) is 0 Å². The Kier molecular flexibility index (Phi) is 4.59. The summed E-state index contributed by atoms with van der Waals surface area (Å²) in [5, 5.41) is 5.37. The number of hydrogen-bond donors (Lipinski definition) is 2. The summed E-state index contributed by atoms with van der Waals surface area (Å²) >= 11 is 0. The number of carbonyl (C=O) groups is 1. The highest BCUT2D eigenvalue weighted by molar-refractivity contribution is 5.88. The fourth-order valence-corrected chi connectivity index (χ4v) is 2.83. The van der Waals surface area contributed by atoms with Crippen molar-refractivity contribution < 1.29 is 9.21 Å². The Morgan fingerprint density at radius 1 is 1.11 bits per heavy atom. The first kappa shape index (κ1) is 17.5. The highest BCUT2D eigenvalue weighted by Crippen LogP contribution is 2.20. The second-order valence-corrected chi connectivity index (χ2v) is 6.20. The SMILES string of the molecule is Cc1ccc2oc(=O)n(-c3ccnc(NC(=O)NCc4ccccn4)c3)c2c1. The molecular formula is C20H17N5O3. The number of pyridine rings is 2. The van der Waals surface area contributed by atoms with Crippen LogP contribution in [0.5, 0.6) is 0 Å². The fourth-order valence-electron chi connectivity index (χ4n) is 2.83. The molecule has 0 aliphatic rings. The lowest BCUT2D eigenvalue weighted by Gasteiger charge is -2.08. The van der Waals surface area contributed by atoms with Crippen LogP contribution in [-0.2, 0) is 6.54 Å². The number of fused-ring (bicyclic) bond motifs is 1. The van der Waals surface area contributed by atoms with Gasteiger partial charge in [0.2, 0.25) is 0 Å². The van der Waals surface area contributed by atoms with E-state index < -0.39 is 11.8 Å². The molecule has 4 rings (SSSR count). The van der Waals surface area contributed by atoms with Crippen molar-refractivity contribution in [1.82, 2.24) is 19.9 Å². The second-order valence-electron chi connectivity index (χ2n) is 6.20. The average molecular weight is 375 g/mol. The van der Waals surface area contributed by atoms with E-state index in [1.165, 1.54) is 10.8 Å². The van der Waals surface area contributed by atoms with Gasteiger partial charge in [-0.3, -0.25) is 10.3 Å². The van der Waals surface area contributed by atoms with Crippen LogP contribution in [0.15, 0.2) is 70.1 Å². The van der Waals surface area contributed by atoms with Crippen molar-refractivity contribution in [3.05, 3.63) is 82.7 Å². The van der Waals surface area contributed by atoms with Crippen molar-refractivity contribution in [3.8, 4) is 5.69 Å². The van der Waals surface area contributed by atoms with Gasteiger partial charge in [0.05, 0.1) is 23.4 Å². The van der Waals surface area contributed by atoms with E-state index >= 15 is 0 Å². The number of carbonyl (C=O) groups excluding carboxylic acids is 1. The smallest absolute Gasteiger partial charge is 0.407 e. The van der Waals surface area contributed by atoms with Crippen LogP contribution in [0.25, 0.3) is 16.8 Å². The first-order chi connectivity index (χ1) is 13.6. The molecule has 28 heavy (non-hydrogen) atoms. The van der Waals surface area contributed by atoms with E-state index in [9.17, 15) is 9.59 Å². The van der Waals surface area contributed by atoms with E-state index in [-0.39, 0.29) is 6.54 Å². The molecule has 8 heteroatoms. The molecule has 0 radical (unpaired) electrons. The van der Waals surface area contributed by atoms with Gasteiger partial charge in [-0.2, -0.15) is 0 Å². The van der Waals surface area contributed by atoms with Crippen LogP contribution in [-0.4, -0.2) is 20.6 Å². The number of aromatic nitrogens is 3. The normalized spacial score (nSPS) is 10.8. The second kappa shape index (κ2) is 7.36. The fraction of sp³-hybridized carbons (Fsp3) is 0.100. The van der Waals surface area contributed by atoms with Crippen LogP contribution in [0.1, 0.15) is 11.3 Å². The summed E-state index contributed by atoms with van der Waals surface area (Å²) in [4.78, 5) is 32.7. The number of rotatable bonds is 4. The topological polar surface area (TPSA) is 102 Å². The highest BCUT2D eigenvalue weighted by atomic mass is 16.4. The monoisotopic (exact) mass is 375 g/mol. The van der Waals surface area contributed by atoms with Gasteiger partial charge < -0.3 is 9.73 Å². The molecule has 140 valence electrons. The minimum Gasteiger partial charge on any atom is -0.407 e. The summed E-state index contributed by atoms with van der Waals surface area (Å²) in [5.74, 6) is -0.192. The summed E-state index contributed by atoms with van der Waals surface area (Å²) in [6, 6.07) is 13.8. The Balaban J connectivity index is 1.55. The molecular weight excluding hydrogens is 358 g/mol. The van der Waals surface area contributed by atoms with Gasteiger partial charge in [0.15, 0.2) is 5.58 Å². The molecule has 0 fully saturated rings. The maximum absolute atomic E-state index is 12.3. The first-order valence-corrected chi connectivity index (χ1v) is 8.63. The Labute approximate surface area is 159 Å². The number of amides is 2. The van der Waals surface area contributed by atoms with Crippen LogP contribution in [0, 0.1) is 6.92 Å². The average Bonchev–Trinajstić information content (AvgIpc) is 3.02. The Hall–Kier alpha value is -3.94. The van der Waals surface area contributed by atoms with Gasteiger partial charge in [0.1, 0.15) is 5.82 Å². The van der Waals surface area contributed by atoms with Crippen molar-refractivity contribution in [1.29, 1.82) is 0 Å². The number of benzene rings is 1. The minimum atomic E-state index is -0.502. The molecule has 3 aromatic heterocycles. The van der Waals surface area contributed by atoms with Gasteiger partial charge in [-0.25, -0.2) is 19.1 Å². The van der Waals surface area contributed by atoms with E-state index in [4.69, 9.17) is 4.42 Å². The van der Waals surface area contributed by atoms with Crippen LogP contribution >= 0.6 is 0 Å². The van der Waals surface area contributed by atoms with Crippen LogP contribution in [0.2, 0.25) is 0 Å². The van der Waals surface area contributed by atoms with Crippen molar-refractivity contribution in [2.75, 3.05) is 5.32 Å². The highest BCUT2D eigenvalue weighted by Gasteiger charge is 2.12. The summed E-state index contributed by atoms with van der Waals surface area (Å²) in [6.07, 6.45) is 3.18. The molecule has 0 saturated carbocycles. The maximum Gasteiger partial charge on any atom is 0.424 e. The molecule has 0 aliphatic carbocycles. The third kappa shape index (κ3) is 3.61. The minimum absolute atomic E-state index is 0.289. The van der Waals surface area contributed by atoms with Crippen molar-refractivity contribution >= 4 is 22.9 Å². The van der Waals surface area contributed by atoms with Crippen molar-refractivity contribution in [2.24, 2.45) is 0 Å². The number of oxazole rings is 1. The molecule has 0 atom stereocenters. The summed E-state index contributed by atoms with van der Waals surface area (Å²) in [7, 11) is 0. The van der Waals surface area contributed by atoms with E-state index in [1.807, 2.05) is 37.3 Å². The summed E-state index contributed by atoms with van der Waals surface area (Å²) in [5.41, 5.74) is 3.44. The Morgan fingerprint density at radius 3 is 2.82 bits per heavy atom. The lowest BCUT2D eigenvalue weighted by atomic mass is 10.2. The number of aryl methyl sites for hydroxylation is 1. The Bertz CT molecular complexity index is 1200. The molecule has 0 saturated heterocycles. The molecule has 3 heterocycles. The van der Waals surface area contributed by atoms with Gasteiger partial charge in [0, 0.05) is 18.5 Å². The molecule has 0 unspecified atom stereocenters. The largest absolute Gasteiger partial charge is 0.424 e. The number of nitrogens with one attached hydrogen (secondary N) is 2. The zero-order valence-electron chi connectivity index (χ0n) is 15.0. The lowest BCUT2D eigenvalue weighted by Crippen LogP contribution is -2.29. The van der Waals surface area contributed by atoms with Crippen LogP contribution in [0.3, 0.4) is 0 Å². The Morgan fingerprint density at radius 2 is 2.00 bits per heavy atom. The van der Waals surface area contributed by atoms with E-state index in [0.717, 1.165) is 11.3 Å². The summed E-state index contributed by atoms with van der Waals surface area (Å²) in [6.45, 7) is 2.23. The van der Waals surface area contributed by atoms with E-state index in [0.29, 0.717) is 22.6 Å². The van der Waals surface area contributed by atoms with Gasteiger partial charge in [0.25, 0.3) is 0 Å². The number of anilines is 1. The number of urea groups is 1. The van der Waals surface area contributed by atoms with Gasteiger partial charge in [-0.1, -0.05) is 12.1 Å². The van der Waals surface area contributed by atoms with Crippen molar-refractivity contribution in [2.45, 2.75) is 13.5 Å². The molecule has 8 nitrogen and oxygen atoms in total. The van der Waals surface area contributed by atoms with E-state index in [2.05, 4.69) is 20.6 Å². The van der Waals surface area contributed by atoms with Crippen LogP contribution in [0.4, 0.5) is 10.6 Å². The number of nitrogens with zero attached hydrogens (tertiary/aromatic N) is 3. The summed E-state index contributed by atoms with van der Waals surface area (Å²) < 4.78 is 6.74. The molecule has 0 spiro atoms. The predicted molar refractivity (Wildman–Crippen MR) is 104 cm³/mol. The predicted octanol–water partition coefficient (Wildman–Crippen LogP) is 3.00. The molecule has 0 bridgehead atoms. The maximum atomic E-state index is 12.3. The van der Waals surface area contributed by atoms with Gasteiger partial charge in [-0.05, 0) is 42.8 Å². The standard InChI is InChI=1S/C20H17N5O3/c1-13-5-6-17-16(10-13)25(20(27)28-17)15-7-9-22-18(11-15)24-19(26)23-12-14-4-2-3-8-21-14/h2-11H,12H2,1H3,(H2,22,23,24,26). The molecule has 1 aromatic carbocycles. The third-order valence-corrected chi connectivity index (χ3v) is 4.13. The van der Waals surface area contributed by atoms with Crippen LogP contribution < -0.4 is 16.4 Å². The van der Waals surface area contributed by atoms with Gasteiger partial charge >= 0.3 is 11.8 Å².